The van der Waals surface area contributed by atoms with Gasteiger partial charge < -0.3 is 9.84 Å². The van der Waals surface area contributed by atoms with E-state index in [2.05, 4.69) is 27.6 Å². The smallest absolute Gasteiger partial charge is 0.301 e. The van der Waals surface area contributed by atoms with Crippen LogP contribution in [0.5, 0.6) is 5.75 Å². The molecule has 2 heterocycles. The summed E-state index contributed by atoms with van der Waals surface area (Å²) in [7, 11) is 0. The van der Waals surface area contributed by atoms with Crippen molar-refractivity contribution in [2.75, 3.05) is 11.5 Å². The molecule has 1 saturated heterocycles. The van der Waals surface area contributed by atoms with Gasteiger partial charge in [-0.3, -0.25) is 14.5 Å². The molecule has 1 fully saturated rings. The maximum atomic E-state index is 13.5. The number of hydrogen-bond acceptors (Lipinski definition) is 6. The van der Waals surface area contributed by atoms with Gasteiger partial charge in [0.05, 0.1) is 28.4 Å². The molecule has 1 N–H and O–H groups in total. The van der Waals surface area contributed by atoms with E-state index in [0.29, 0.717) is 28.6 Å². The number of aryl methyl sites for hydroxylation is 2. The first-order chi connectivity index (χ1) is 17.3. The number of aliphatic hydroxyl groups is 1. The van der Waals surface area contributed by atoms with Gasteiger partial charge in [0.25, 0.3) is 5.78 Å². The van der Waals surface area contributed by atoms with E-state index in [-0.39, 0.29) is 11.3 Å². The second-order valence-corrected chi connectivity index (χ2v) is 10.9. The van der Waals surface area contributed by atoms with Crippen LogP contribution in [0.4, 0.5) is 5.13 Å². The molecule has 1 amide bonds. The van der Waals surface area contributed by atoms with Crippen molar-refractivity contribution in [1.29, 1.82) is 0 Å². The highest BCUT2D eigenvalue weighted by atomic mass is 127. The number of fused-ring (bicyclic) bond motifs is 1. The fourth-order valence-electron chi connectivity index (χ4n) is 4.38. The fourth-order valence-corrected chi connectivity index (χ4v) is 5.76. The Labute approximate surface area is 226 Å². The van der Waals surface area contributed by atoms with Crippen molar-refractivity contribution in [3.8, 4) is 5.75 Å². The van der Waals surface area contributed by atoms with E-state index in [1.165, 1.54) is 16.2 Å². The quantitative estimate of drug-likeness (QED) is 0.120. The fraction of sp³-hybridized carbons (Fsp3) is 0.179. The summed E-state index contributed by atoms with van der Waals surface area (Å²) in [5, 5.41) is 11.8. The molecule has 4 aromatic rings. The lowest BCUT2D eigenvalue weighted by atomic mass is 9.93. The third kappa shape index (κ3) is 4.28. The zero-order chi connectivity index (χ0) is 25.6. The van der Waals surface area contributed by atoms with Gasteiger partial charge >= 0.3 is 5.91 Å². The maximum Gasteiger partial charge on any atom is 0.301 e. The van der Waals surface area contributed by atoms with Crippen LogP contribution in [0.1, 0.15) is 35.2 Å². The van der Waals surface area contributed by atoms with Gasteiger partial charge in [-0.05, 0) is 90.9 Å². The van der Waals surface area contributed by atoms with Crippen molar-refractivity contribution in [2.24, 2.45) is 0 Å². The van der Waals surface area contributed by atoms with Gasteiger partial charge in [0.15, 0.2) is 5.13 Å². The Morgan fingerprint density at radius 2 is 1.83 bits per heavy atom. The normalized spacial score (nSPS) is 17.2. The highest BCUT2D eigenvalue weighted by molar-refractivity contribution is 14.1. The molecule has 0 spiro atoms. The van der Waals surface area contributed by atoms with Crippen molar-refractivity contribution < 1.29 is 19.4 Å². The number of Topliss-reactive ketones (excluding diaryl/α,β-unsaturated/α-hetero) is 1. The van der Waals surface area contributed by atoms with E-state index in [1.807, 2.05) is 81.4 Å². The number of benzene rings is 3. The lowest BCUT2D eigenvalue weighted by Gasteiger charge is -2.23. The minimum atomic E-state index is -0.811. The first-order valence-corrected chi connectivity index (χ1v) is 13.4. The van der Waals surface area contributed by atoms with E-state index >= 15 is 0 Å². The summed E-state index contributed by atoms with van der Waals surface area (Å²) in [5.41, 5.74) is 3.78. The zero-order valence-corrected chi connectivity index (χ0v) is 22.9. The van der Waals surface area contributed by atoms with E-state index in [9.17, 15) is 14.7 Å². The number of carbonyl (C=O) groups is 2. The summed E-state index contributed by atoms with van der Waals surface area (Å²) < 4.78 is 7.47. The molecule has 0 radical (unpaired) electrons. The topological polar surface area (TPSA) is 79.7 Å². The van der Waals surface area contributed by atoms with Crippen LogP contribution in [0.3, 0.4) is 0 Å². The summed E-state index contributed by atoms with van der Waals surface area (Å²) >= 11 is 3.52. The number of halogens is 1. The van der Waals surface area contributed by atoms with Gasteiger partial charge in [-0.15, -0.1) is 0 Å². The Kier molecular flexibility index (Phi) is 6.57. The number of ketones is 1. The van der Waals surface area contributed by atoms with Crippen LogP contribution in [-0.4, -0.2) is 28.4 Å². The van der Waals surface area contributed by atoms with Crippen LogP contribution >= 0.6 is 33.9 Å². The Morgan fingerprint density at radius 3 is 2.56 bits per heavy atom. The van der Waals surface area contributed by atoms with Crippen molar-refractivity contribution in [3.63, 3.8) is 0 Å². The molecule has 3 aromatic carbocycles. The molecule has 0 saturated carbocycles. The first-order valence-electron chi connectivity index (χ1n) is 11.5. The number of amides is 1. The summed E-state index contributed by atoms with van der Waals surface area (Å²) in [4.78, 5) is 33.0. The Balaban J connectivity index is 1.72. The summed E-state index contributed by atoms with van der Waals surface area (Å²) in [5.74, 6) is -0.910. The number of carbonyl (C=O) groups excluding carboxylic acids is 2. The van der Waals surface area contributed by atoms with Gasteiger partial charge in [-0.25, -0.2) is 4.98 Å². The summed E-state index contributed by atoms with van der Waals surface area (Å²) in [6, 6.07) is 18.0. The molecule has 0 aliphatic carbocycles. The average molecular weight is 610 g/mol. The van der Waals surface area contributed by atoms with Crippen molar-refractivity contribution in [3.05, 3.63) is 92.1 Å². The number of nitrogens with zero attached hydrogens (tertiary/aromatic N) is 2. The molecule has 182 valence electrons. The van der Waals surface area contributed by atoms with Crippen LogP contribution in [0, 0.1) is 17.4 Å². The molecule has 1 aliphatic rings. The number of aliphatic hydroxyl groups excluding tert-OH is 1. The highest BCUT2D eigenvalue weighted by Gasteiger charge is 2.48. The summed E-state index contributed by atoms with van der Waals surface area (Å²) in [6.45, 7) is 6.24. The third-order valence-electron chi connectivity index (χ3n) is 6.14. The maximum absolute atomic E-state index is 13.5. The second-order valence-electron chi connectivity index (χ2n) is 8.60. The Hall–Kier alpha value is -3.24. The highest BCUT2D eigenvalue weighted by Crippen LogP contribution is 2.45. The predicted octanol–water partition coefficient (Wildman–Crippen LogP) is 6.54. The van der Waals surface area contributed by atoms with Gasteiger partial charge in [0.2, 0.25) is 0 Å². The lowest BCUT2D eigenvalue weighted by Crippen LogP contribution is -2.29. The second kappa shape index (κ2) is 9.67. The van der Waals surface area contributed by atoms with Crippen molar-refractivity contribution in [2.45, 2.75) is 26.8 Å². The van der Waals surface area contributed by atoms with E-state index in [4.69, 9.17) is 4.74 Å². The van der Waals surface area contributed by atoms with E-state index in [0.717, 1.165) is 25.0 Å². The van der Waals surface area contributed by atoms with Crippen molar-refractivity contribution >= 4 is 66.7 Å². The average Bonchev–Trinajstić information content (AvgIpc) is 3.39. The van der Waals surface area contributed by atoms with E-state index in [1.54, 1.807) is 0 Å². The number of hydrogen-bond donors (Lipinski definition) is 1. The molecule has 8 heteroatoms. The lowest BCUT2D eigenvalue weighted by molar-refractivity contribution is -0.132. The molecule has 0 bridgehead atoms. The SMILES string of the molecule is CCOc1ccc2nc(N3C(=O)C(=O)/C(=C(/O)c4cc(C)ccc4C)C3c3ccc(I)cc3)sc2c1. The molecular formula is C28H23IN2O4S. The number of aromatic nitrogens is 1. The minimum Gasteiger partial charge on any atom is -0.507 e. The number of rotatable bonds is 5. The van der Waals surface area contributed by atoms with Gasteiger partial charge in [-0.2, -0.15) is 0 Å². The molecule has 1 unspecified atom stereocenters. The van der Waals surface area contributed by atoms with Crippen molar-refractivity contribution in [1.82, 2.24) is 4.98 Å². The summed E-state index contributed by atoms with van der Waals surface area (Å²) in [6.07, 6.45) is 0. The molecule has 6 nitrogen and oxygen atoms in total. The molecule has 1 aromatic heterocycles. The van der Waals surface area contributed by atoms with Gasteiger partial charge in [0, 0.05) is 9.13 Å². The van der Waals surface area contributed by atoms with Gasteiger partial charge in [0.1, 0.15) is 11.5 Å². The molecule has 36 heavy (non-hydrogen) atoms. The monoisotopic (exact) mass is 610 g/mol. The number of anilines is 1. The Bertz CT molecular complexity index is 1540. The molecule has 1 atom stereocenters. The third-order valence-corrected chi connectivity index (χ3v) is 7.88. The molecular weight excluding hydrogens is 587 g/mol. The van der Waals surface area contributed by atoms with Crippen LogP contribution in [0.2, 0.25) is 0 Å². The van der Waals surface area contributed by atoms with Crippen LogP contribution in [0.15, 0.2) is 66.2 Å². The van der Waals surface area contributed by atoms with E-state index < -0.39 is 17.7 Å². The standard InChI is InChI=1S/C28H23IN2O4S/c1-4-35-19-11-12-21-22(14-19)36-28(30-21)31-24(17-7-9-18(29)10-8-17)23(26(33)27(31)34)25(32)20-13-15(2)5-6-16(20)3/h5-14,24,32H,4H2,1-3H3/b25-23+. The first kappa shape index (κ1) is 24.5. The largest absolute Gasteiger partial charge is 0.507 e. The van der Waals surface area contributed by atoms with Crippen LogP contribution in [-0.2, 0) is 9.59 Å². The number of thiazole rings is 1. The van der Waals surface area contributed by atoms with Crippen LogP contribution in [0.25, 0.3) is 16.0 Å². The van der Waals surface area contributed by atoms with Gasteiger partial charge in [-0.1, -0.05) is 41.2 Å². The zero-order valence-electron chi connectivity index (χ0n) is 19.9. The van der Waals surface area contributed by atoms with Crippen LogP contribution < -0.4 is 9.64 Å². The minimum absolute atomic E-state index is 0.0594. The molecule has 5 rings (SSSR count). The Morgan fingerprint density at radius 1 is 1.08 bits per heavy atom. The predicted molar refractivity (Wildman–Crippen MR) is 151 cm³/mol. The number of ether oxygens (including phenoxy) is 1. The molecule has 1 aliphatic heterocycles.